The SMILES string of the molecule is CC(C)[C@@H](NCc1cccc(F)c1)C(=O)O. The van der Waals surface area contributed by atoms with Gasteiger partial charge in [0.15, 0.2) is 0 Å². The van der Waals surface area contributed by atoms with Gasteiger partial charge in [0.05, 0.1) is 0 Å². The maximum atomic E-state index is 12.9. The van der Waals surface area contributed by atoms with Gasteiger partial charge in [-0.05, 0) is 23.6 Å². The van der Waals surface area contributed by atoms with Gasteiger partial charge in [-0.3, -0.25) is 4.79 Å². The zero-order valence-corrected chi connectivity index (χ0v) is 9.40. The van der Waals surface area contributed by atoms with Crippen molar-refractivity contribution in [1.29, 1.82) is 0 Å². The molecule has 3 nitrogen and oxygen atoms in total. The predicted octanol–water partition coefficient (Wildman–Crippen LogP) is 2.02. The van der Waals surface area contributed by atoms with E-state index in [1.165, 1.54) is 12.1 Å². The highest BCUT2D eigenvalue weighted by Gasteiger charge is 2.20. The van der Waals surface area contributed by atoms with Crippen LogP contribution in [0.25, 0.3) is 0 Å². The van der Waals surface area contributed by atoms with Crippen LogP contribution in [-0.2, 0) is 11.3 Å². The van der Waals surface area contributed by atoms with Crippen LogP contribution in [0.1, 0.15) is 19.4 Å². The molecule has 0 spiro atoms. The van der Waals surface area contributed by atoms with Crippen LogP contribution in [0.4, 0.5) is 4.39 Å². The lowest BCUT2D eigenvalue weighted by Gasteiger charge is -2.17. The first-order valence-electron chi connectivity index (χ1n) is 5.21. The minimum Gasteiger partial charge on any atom is -0.480 e. The van der Waals surface area contributed by atoms with E-state index in [-0.39, 0.29) is 11.7 Å². The molecule has 0 amide bonds. The number of rotatable bonds is 5. The molecular formula is C12H16FNO2. The number of carboxylic acid groups (broad SMARTS) is 1. The lowest BCUT2D eigenvalue weighted by atomic mass is 10.0. The van der Waals surface area contributed by atoms with Crippen LogP contribution >= 0.6 is 0 Å². The first kappa shape index (κ1) is 12.6. The summed E-state index contributed by atoms with van der Waals surface area (Å²) < 4.78 is 12.9. The Labute approximate surface area is 94.3 Å². The summed E-state index contributed by atoms with van der Waals surface area (Å²) in [6.45, 7) is 4.02. The van der Waals surface area contributed by atoms with Crippen molar-refractivity contribution in [3.63, 3.8) is 0 Å². The van der Waals surface area contributed by atoms with E-state index in [0.29, 0.717) is 6.54 Å². The highest BCUT2D eigenvalue weighted by Crippen LogP contribution is 2.06. The zero-order chi connectivity index (χ0) is 12.1. The number of carbonyl (C=O) groups is 1. The van der Waals surface area contributed by atoms with Gasteiger partial charge in [0, 0.05) is 6.54 Å². The summed E-state index contributed by atoms with van der Waals surface area (Å²) in [6.07, 6.45) is 0. The van der Waals surface area contributed by atoms with Crippen molar-refractivity contribution in [2.75, 3.05) is 0 Å². The molecule has 0 unspecified atom stereocenters. The zero-order valence-electron chi connectivity index (χ0n) is 9.40. The number of hydrogen-bond donors (Lipinski definition) is 2. The standard InChI is InChI=1S/C12H16FNO2/c1-8(2)11(12(15)16)14-7-9-4-3-5-10(13)6-9/h3-6,8,11,14H,7H2,1-2H3,(H,15,16)/t11-/m1/s1. The summed E-state index contributed by atoms with van der Waals surface area (Å²) >= 11 is 0. The Morgan fingerprint density at radius 2 is 2.19 bits per heavy atom. The third-order valence-electron chi connectivity index (χ3n) is 2.35. The Kier molecular flexibility index (Phi) is 4.43. The molecule has 4 heteroatoms. The molecular weight excluding hydrogens is 209 g/mol. The number of nitrogens with one attached hydrogen (secondary N) is 1. The van der Waals surface area contributed by atoms with Crippen molar-refractivity contribution in [3.8, 4) is 0 Å². The Bertz CT molecular complexity index is 366. The molecule has 1 aromatic carbocycles. The van der Waals surface area contributed by atoms with Crippen LogP contribution in [0.3, 0.4) is 0 Å². The Morgan fingerprint density at radius 3 is 2.69 bits per heavy atom. The molecule has 0 aromatic heterocycles. The Hall–Kier alpha value is -1.42. The minimum atomic E-state index is -0.883. The van der Waals surface area contributed by atoms with E-state index in [1.807, 2.05) is 13.8 Å². The summed E-state index contributed by atoms with van der Waals surface area (Å²) in [5.74, 6) is -1.20. The van der Waals surface area contributed by atoms with Crippen molar-refractivity contribution in [2.45, 2.75) is 26.4 Å². The van der Waals surface area contributed by atoms with Gasteiger partial charge >= 0.3 is 5.97 Å². The van der Waals surface area contributed by atoms with Gasteiger partial charge in [-0.25, -0.2) is 4.39 Å². The Balaban J connectivity index is 2.59. The lowest BCUT2D eigenvalue weighted by Crippen LogP contribution is -2.40. The van der Waals surface area contributed by atoms with Crippen molar-refractivity contribution in [2.24, 2.45) is 5.92 Å². The fraction of sp³-hybridized carbons (Fsp3) is 0.417. The monoisotopic (exact) mass is 225 g/mol. The van der Waals surface area contributed by atoms with E-state index in [2.05, 4.69) is 5.32 Å². The van der Waals surface area contributed by atoms with E-state index in [9.17, 15) is 9.18 Å². The molecule has 2 N–H and O–H groups in total. The summed E-state index contributed by atoms with van der Waals surface area (Å²) in [6, 6.07) is 5.52. The Morgan fingerprint density at radius 1 is 1.50 bits per heavy atom. The maximum Gasteiger partial charge on any atom is 0.320 e. The van der Waals surface area contributed by atoms with Gasteiger partial charge < -0.3 is 10.4 Å². The van der Waals surface area contributed by atoms with Gasteiger partial charge in [0.2, 0.25) is 0 Å². The molecule has 1 atom stereocenters. The van der Waals surface area contributed by atoms with Crippen LogP contribution in [0.15, 0.2) is 24.3 Å². The number of hydrogen-bond acceptors (Lipinski definition) is 2. The van der Waals surface area contributed by atoms with E-state index in [1.54, 1.807) is 12.1 Å². The third kappa shape index (κ3) is 3.62. The van der Waals surface area contributed by atoms with E-state index < -0.39 is 12.0 Å². The second-order valence-electron chi connectivity index (χ2n) is 4.07. The normalized spacial score (nSPS) is 12.8. The number of halogens is 1. The van der Waals surface area contributed by atoms with Gasteiger partial charge in [-0.2, -0.15) is 0 Å². The van der Waals surface area contributed by atoms with Gasteiger partial charge in [0.25, 0.3) is 0 Å². The lowest BCUT2D eigenvalue weighted by molar-refractivity contribution is -0.140. The maximum absolute atomic E-state index is 12.9. The number of benzene rings is 1. The van der Waals surface area contributed by atoms with Crippen molar-refractivity contribution in [1.82, 2.24) is 5.32 Å². The van der Waals surface area contributed by atoms with E-state index in [4.69, 9.17) is 5.11 Å². The molecule has 0 saturated carbocycles. The van der Waals surface area contributed by atoms with E-state index >= 15 is 0 Å². The van der Waals surface area contributed by atoms with Gasteiger partial charge in [-0.1, -0.05) is 26.0 Å². The first-order valence-corrected chi connectivity index (χ1v) is 5.21. The molecule has 1 rings (SSSR count). The molecule has 0 aliphatic heterocycles. The highest BCUT2D eigenvalue weighted by molar-refractivity contribution is 5.73. The molecule has 0 saturated heterocycles. The number of carboxylic acids is 1. The largest absolute Gasteiger partial charge is 0.480 e. The van der Waals surface area contributed by atoms with Crippen molar-refractivity contribution in [3.05, 3.63) is 35.6 Å². The van der Waals surface area contributed by atoms with Crippen LogP contribution in [0.2, 0.25) is 0 Å². The third-order valence-corrected chi connectivity index (χ3v) is 2.35. The smallest absolute Gasteiger partial charge is 0.320 e. The molecule has 0 fully saturated rings. The summed E-state index contributed by atoms with van der Waals surface area (Å²) in [7, 11) is 0. The van der Waals surface area contributed by atoms with Crippen LogP contribution < -0.4 is 5.32 Å². The molecule has 0 aliphatic rings. The summed E-state index contributed by atoms with van der Waals surface area (Å²) in [4.78, 5) is 10.9. The second kappa shape index (κ2) is 5.61. The predicted molar refractivity (Wildman–Crippen MR) is 59.5 cm³/mol. The van der Waals surface area contributed by atoms with Gasteiger partial charge in [-0.15, -0.1) is 0 Å². The van der Waals surface area contributed by atoms with Crippen molar-refractivity contribution >= 4 is 5.97 Å². The summed E-state index contributed by atoms with van der Waals surface area (Å²) in [5.41, 5.74) is 0.743. The number of aliphatic carboxylic acids is 1. The minimum absolute atomic E-state index is 0.00828. The molecule has 88 valence electrons. The molecule has 0 heterocycles. The molecule has 0 bridgehead atoms. The second-order valence-corrected chi connectivity index (χ2v) is 4.07. The molecule has 0 aliphatic carbocycles. The summed E-state index contributed by atoms with van der Waals surface area (Å²) in [5, 5.41) is 11.8. The van der Waals surface area contributed by atoms with Crippen molar-refractivity contribution < 1.29 is 14.3 Å². The average molecular weight is 225 g/mol. The fourth-order valence-electron chi connectivity index (χ4n) is 1.48. The molecule has 1 aromatic rings. The fourth-order valence-corrected chi connectivity index (χ4v) is 1.48. The van der Waals surface area contributed by atoms with Crippen LogP contribution in [0, 0.1) is 11.7 Å². The molecule has 16 heavy (non-hydrogen) atoms. The van der Waals surface area contributed by atoms with E-state index in [0.717, 1.165) is 5.56 Å². The van der Waals surface area contributed by atoms with Gasteiger partial charge in [0.1, 0.15) is 11.9 Å². The van der Waals surface area contributed by atoms with Crippen LogP contribution in [-0.4, -0.2) is 17.1 Å². The van der Waals surface area contributed by atoms with Crippen LogP contribution in [0.5, 0.6) is 0 Å². The molecule has 0 radical (unpaired) electrons. The average Bonchev–Trinajstić information content (AvgIpc) is 2.16. The topological polar surface area (TPSA) is 49.3 Å². The quantitative estimate of drug-likeness (QED) is 0.806. The first-order chi connectivity index (χ1) is 7.50. The highest BCUT2D eigenvalue weighted by atomic mass is 19.1.